The largest absolute Gasteiger partial charge is 0.493 e. The maximum absolute atomic E-state index is 9.64. The first-order valence-corrected chi connectivity index (χ1v) is 11.5. The van der Waals surface area contributed by atoms with E-state index in [2.05, 4.69) is 16.3 Å². The van der Waals surface area contributed by atoms with E-state index in [4.69, 9.17) is 14.5 Å². The normalized spacial score (nSPS) is 17.3. The number of rotatable bonds is 10. The number of aliphatic hydroxyl groups is 1. The molecule has 1 aliphatic heterocycles. The Labute approximate surface area is 179 Å². The van der Waals surface area contributed by atoms with Crippen LogP contribution in [0.3, 0.4) is 0 Å². The number of nitrogens with one attached hydrogen (secondary N) is 1. The van der Waals surface area contributed by atoms with Gasteiger partial charge in [-0.15, -0.1) is 0 Å². The van der Waals surface area contributed by atoms with Gasteiger partial charge in [0.25, 0.3) is 0 Å². The van der Waals surface area contributed by atoms with Crippen molar-refractivity contribution in [3.63, 3.8) is 0 Å². The highest BCUT2D eigenvalue weighted by Crippen LogP contribution is 2.39. The molecule has 2 aliphatic rings. The smallest absolute Gasteiger partial charge is 0.163 e. The molecule has 0 amide bonds. The molecule has 1 saturated heterocycles. The third-order valence-electron chi connectivity index (χ3n) is 6.24. The van der Waals surface area contributed by atoms with E-state index in [1.165, 1.54) is 37.2 Å². The van der Waals surface area contributed by atoms with Crippen LogP contribution in [0, 0.1) is 0 Å². The minimum Gasteiger partial charge on any atom is -0.493 e. The minimum absolute atomic E-state index is 0.311. The molecule has 4 rings (SSSR count). The Balaban J connectivity index is 1.54. The van der Waals surface area contributed by atoms with Crippen molar-refractivity contribution in [3.05, 3.63) is 23.4 Å². The van der Waals surface area contributed by atoms with Gasteiger partial charge in [-0.25, -0.2) is 0 Å². The summed E-state index contributed by atoms with van der Waals surface area (Å²) >= 11 is 0. The number of fused-ring (bicyclic) bond motifs is 2. The number of hydrogen-bond acceptors (Lipinski definition) is 6. The fourth-order valence-corrected chi connectivity index (χ4v) is 4.63. The quantitative estimate of drug-likeness (QED) is 0.578. The molecule has 6 nitrogen and oxygen atoms in total. The predicted molar refractivity (Wildman–Crippen MR) is 121 cm³/mol. The van der Waals surface area contributed by atoms with Crippen LogP contribution in [-0.4, -0.2) is 61.0 Å². The molecule has 1 unspecified atom stereocenters. The van der Waals surface area contributed by atoms with Crippen LogP contribution in [0.1, 0.15) is 50.3 Å². The highest BCUT2D eigenvalue weighted by Gasteiger charge is 2.21. The van der Waals surface area contributed by atoms with Gasteiger partial charge in [-0.3, -0.25) is 4.98 Å². The summed E-state index contributed by atoms with van der Waals surface area (Å²) in [4.78, 5) is 7.46. The molecule has 0 bridgehead atoms. The van der Waals surface area contributed by atoms with Crippen molar-refractivity contribution < 1.29 is 14.6 Å². The van der Waals surface area contributed by atoms with Gasteiger partial charge in [0.1, 0.15) is 0 Å². The molecule has 0 spiro atoms. The van der Waals surface area contributed by atoms with Crippen LogP contribution in [-0.2, 0) is 12.8 Å². The van der Waals surface area contributed by atoms with Crippen LogP contribution < -0.4 is 14.8 Å². The van der Waals surface area contributed by atoms with Gasteiger partial charge in [-0.1, -0.05) is 0 Å². The Kier molecular flexibility index (Phi) is 6.95. The molecular formula is C24H35N3O3. The number of aliphatic hydroxyl groups excluding tert-OH is 1. The standard InChI is InChI=1S/C24H35N3O3/c1-17(28)9-10-25-24-18-7-5-8-20(18)26-21-16-23(22(29-2)15-19(21)24)30-14-6-13-27-11-3-4-12-27/h15-17,28H,3-14H2,1-2H3,(H,25,26). The molecule has 2 heterocycles. The topological polar surface area (TPSA) is 66.8 Å². The zero-order valence-corrected chi connectivity index (χ0v) is 18.4. The number of ether oxygens (including phenoxy) is 2. The Morgan fingerprint density at radius 3 is 2.77 bits per heavy atom. The summed E-state index contributed by atoms with van der Waals surface area (Å²) < 4.78 is 11.8. The number of hydrogen-bond donors (Lipinski definition) is 2. The number of likely N-dealkylation sites (tertiary alicyclic amines) is 1. The molecule has 30 heavy (non-hydrogen) atoms. The highest BCUT2D eigenvalue weighted by atomic mass is 16.5. The first kappa shape index (κ1) is 21.2. The van der Waals surface area contributed by atoms with Gasteiger partial charge in [0, 0.05) is 35.9 Å². The van der Waals surface area contributed by atoms with E-state index in [-0.39, 0.29) is 6.10 Å². The molecule has 1 aliphatic carbocycles. The fraction of sp³-hybridized carbons (Fsp3) is 0.625. The van der Waals surface area contributed by atoms with Crippen LogP contribution in [0.15, 0.2) is 12.1 Å². The summed E-state index contributed by atoms with van der Waals surface area (Å²) in [5.41, 5.74) is 4.60. The second-order valence-corrected chi connectivity index (χ2v) is 8.60. The van der Waals surface area contributed by atoms with Crippen molar-refractivity contribution in [2.45, 2.75) is 58.0 Å². The summed E-state index contributed by atoms with van der Waals surface area (Å²) in [6.07, 6.45) is 7.28. The molecule has 1 aromatic heterocycles. The first-order valence-electron chi connectivity index (χ1n) is 11.5. The van der Waals surface area contributed by atoms with Gasteiger partial charge in [-0.2, -0.15) is 0 Å². The third kappa shape index (κ3) is 4.81. The molecular weight excluding hydrogens is 378 g/mol. The Morgan fingerprint density at radius 1 is 1.17 bits per heavy atom. The van der Waals surface area contributed by atoms with E-state index in [0.717, 1.165) is 66.9 Å². The maximum atomic E-state index is 9.64. The van der Waals surface area contributed by atoms with Crippen LogP contribution >= 0.6 is 0 Å². The molecule has 2 aromatic rings. The second-order valence-electron chi connectivity index (χ2n) is 8.60. The lowest BCUT2D eigenvalue weighted by molar-refractivity contribution is 0.189. The number of methoxy groups -OCH3 is 1. The number of nitrogens with zero attached hydrogens (tertiary/aromatic N) is 2. The van der Waals surface area contributed by atoms with Gasteiger partial charge in [0.15, 0.2) is 11.5 Å². The molecule has 1 fully saturated rings. The molecule has 0 saturated carbocycles. The van der Waals surface area contributed by atoms with Gasteiger partial charge in [0.05, 0.1) is 25.3 Å². The van der Waals surface area contributed by atoms with Crippen molar-refractivity contribution in [3.8, 4) is 11.5 Å². The molecule has 2 N–H and O–H groups in total. The lowest BCUT2D eigenvalue weighted by atomic mass is 10.1. The number of pyridine rings is 1. The van der Waals surface area contributed by atoms with Crippen molar-refractivity contribution in [1.82, 2.24) is 9.88 Å². The van der Waals surface area contributed by atoms with Gasteiger partial charge in [-0.05, 0) is 76.6 Å². The van der Waals surface area contributed by atoms with Crippen molar-refractivity contribution in [2.24, 2.45) is 0 Å². The van der Waals surface area contributed by atoms with Crippen molar-refractivity contribution >= 4 is 16.6 Å². The van der Waals surface area contributed by atoms with Gasteiger partial charge in [0.2, 0.25) is 0 Å². The SMILES string of the molecule is COc1cc2c(NCCC(C)O)c3c(nc2cc1OCCCN1CCCC1)CCC3. The summed E-state index contributed by atoms with van der Waals surface area (Å²) in [5, 5.41) is 14.3. The van der Waals surface area contributed by atoms with Gasteiger partial charge >= 0.3 is 0 Å². The first-order chi connectivity index (χ1) is 14.7. The predicted octanol–water partition coefficient (Wildman–Crippen LogP) is 3.78. The van der Waals surface area contributed by atoms with Crippen LogP contribution in [0.4, 0.5) is 5.69 Å². The second kappa shape index (κ2) is 9.84. The number of benzene rings is 1. The molecule has 1 atom stereocenters. The zero-order chi connectivity index (χ0) is 20.9. The van der Waals surface area contributed by atoms with Gasteiger partial charge < -0.3 is 24.8 Å². The molecule has 6 heteroatoms. The number of aryl methyl sites for hydroxylation is 1. The van der Waals surface area contributed by atoms with E-state index in [0.29, 0.717) is 13.0 Å². The summed E-state index contributed by atoms with van der Waals surface area (Å²) in [6, 6.07) is 4.09. The van der Waals surface area contributed by atoms with Crippen molar-refractivity contribution in [1.29, 1.82) is 0 Å². The fourth-order valence-electron chi connectivity index (χ4n) is 4.63. The highest BCUT2D eigenvalue weighted by molar-refractivity contribution is 5.96. The Morgan fingerprint density at radius 2 is 2.00 bits per heavy atom. The molecule has 0 radical (unpaired) electrons. The summed E-state index contributed by atoms with van der Waals surface area (Å²) in [6.45, 7) is 6.79. The lowest BCUT2D eigenvalue weighted by Gasteiger charge is -2.18. The van der Waals surface area contributed by atoms with Crippen molar-refractivity contribution in [2.75, 3.05) is 45.2 Å². The van der Waals surface area contributed by atoms with E-state index < -0.39 is 0 Å². The lowest BCUT2D eigenvalue weighted by Crippen LogP contribution is -2.21. The average molecular weight is 414 g/mol. The third-order valence-corrected chi connectivity index (χ3v) is 6.24. The monoisotopic (exact) mass is 413 g/mol. The molecule has 164 valence electrons. The van der Waals surface area contributed by atoms with Crippen LogP contribution in [0.25, 0.3) is 10.9 Å². The van der Waals surface area contributed by atoms with E-state index in [1.54, 1.807) is 7.11 Å². The van der Waals surface area contributed by atoms with Crippen LogP contribution in [0.2, 0.25) is 0 Å². The summed E-state index contributed by atoms with van der Waals surface area (Å²) in [7, 11) is 1.69. The number of aromatic nitrogens is 1. The van der Waals surface area contributed by atoms with Crippen LogP contribution in [0.5, 0.6) is 11.5 Å². The maximum Gasteiger partial charge on any atom is 0.163 e. The zero-order valence-electron chi connectivity index (χ0n) is 18.4. The Hall–Kier alpha value is -2.05. The minimum atomic E-state index is -0.311. The van der Waals surface area contributed by atoms with E-state index in [1.807, 2.05) is 13.0 Å². The Bertz CT molecular complexity index is 863. The number of anilines is 1. The van der Waals surface area contributed by atoms with E-state index in [9.17, 15) is 5.11 Å². The van der Waals surface area contributed by atoms with E-state index >= 15 is 0 Å². The average Bonchev–Trinajstić information content (AvgIpc) is 3.41. The summed E-state index contributed by atoms with van der Waals surface area (Å²) in [5.74, 6) is 1.52. The molecule has 1 aromatic carbocycles.